The summed E-state index contributed by atoms with van der Waals surface area (Å²) in [6, 6.07) is 0. The summed E-state index contributed by atoms with van der Waals surface area (Å²) < 4.78 is 0. The van der Waals surface area contributed by atoms with E-state index in [1.165, 1.54) is 0 Å². The summed E-state index contributed by atoms with van der Waals surface area (Å²) in [7, 11) is 0. The first-order chi connectivity index (χ1) is 9.08. The van der Waals surface area contributed by atoms with Crippen LogP contribution in [0, 0.1) is 17.8 Å². The van der Waals surface area contributed by atoms with E-state index in [0.29, 0.717) is 32.4 Å². The van der Waals surface area contributed by atoms with Crippen LogP contribution in [-0.4, -0.2) is 36.0 Å². The standard InChI is InChI=1S/C13H20N2O4/c16-11(8-1-2-8)14-5-6-15-12(17)9-3-4-10(7-9)13(18)19/h8-10H,1-7H2,(H,14,16)(H,15,17)(H,18,19)/t9-,10+/m1/s1. The Hall–Kier alpha value is -1.59. The summed E-state index contributed by atoms with van der Waals surface area (Å²) in [6.07, 6.45) is 3.58. The van der Waals surface area contributed by atoms with Crippen molar-refractivity contribution in [3.8, 4) is 0 Å². The highest BCUT2D eigenvalue weighted by Gasteiger charge is 2.33. The molecule has 2 aliphatic rings. The van der Waals surface area contributed by atoms with E-state index in [4.69, 9.17) is 5.11 Å². The van der Waals surface area contributed by atoms with E-state index in [2.05, 4.69) is 10.6 Å². The van der Waals surface area contributed by atoms with Crippen molar-refractivity contribution in [2.75, 3.05) is 13.1 Å². The number of hydrogen-bond donors (Lipinski definition) is 3. The maximum Gasteiger partial charge on any atom is 0.306 e. The molecule has 2 rings (SSSR count). The predicted octanol–water partition coefficient (Wildman–Crippen LogP) is 0.130. The van der Waals surface area contributed by atoms with Crippen molar-refractivity contribution in [3.05, 3.63) is 0 Å². The molecule has 0 aliphatic heterocycles. The van der Waals surface area contributed by atoms with Gasteiger partial charge in [0.05, 0.1) is 5.92 Å². The number of amides is 2. The van der Waals surface area contributed by atoms with Gasteiger partial charge in [-0.1, -0.05) is 0 Å². The fourth-order valence-electron chi connectivity index (χ4n) is 2.45. The number of nitrogens with one attached hydrogen (secondary N) is 2. The first-order valence-corrected chi connectivity index (χ1v) is 6.86. The number of carboxylic acid groups (broad SMARTS) is 1. The molecule has 0 spiro atoms. The van der Waals surface area contributed by atoms with Crippen molar-refractivity contribution in [3.63, 3.8) is 0 Å². The topological polar surface area (TPSA) is 95.5 Å². The summed E-state index contributed by atoms with van der Waals surface area (Å²) in [5.41, 5.74) is 0. The zero-order valence-electron chi connectivity index (χ0n) is 10.9. The second-order valence-corrected chi connectivity index (χ2v) is 5.40. The van der Waals surface area contributed by atoms with Gasteiger partial charge in [-0.3, -0.25) is 14.4 Å². The molecule has 0 aromatic rings. The largest absolute Gasteiger partial charge is 0.481 e. The third-order valence-electron chi connectivity index (χ3n) is 3.82. The molecule has 106 valence electrons. The van der Waals surface area contributed by atoms with Crippen molar-refractivity contribution >= 4 is 17.8 Å². The molecule has 0 aromatic carbocycles. The molecule has 2 fully saturated rings. The lowest BCUT2D eigenvalue weighted by Crippen LogP contribution is -2.37. The Morgan fingerprint density at radius 2 is 1.32 bits per heavy atom. The summed E-state index contributed by atoms with van der Waals surface area (Å²) in [6.45, 7) is 0.849. The van der Waals surface area contributed by atoms with Gasteiger partial charge in [0, 0.05) is 24.9 Å². The second kappa shape index (κ2) is 6.04. The summed E-state index contributed by atoms with van der Waals surface area (Å²) in [5.74, 6) is -1.23. The van der Waals surface area contributed by atoms with Gasteiger partial charge in [0.15, 0.2) is 0 Å². The molecular formula is C13H20N2O4. The lowest BCUT2D eigenvalue weighted by molar-refractivity contribution is -0.141. The molecule has 2 amide bonds. The average molecular weight is 268 g/mol. The van der Waals surface area contributed by atoms with Gasteiger partial charge in [-0.05, 0) is 32.1 Å². The third kappa shape index (κ3) is 3.94. The monoisotopic (exact) mass is 268 g/mol. The second-order valence-electron chi connectivity index (χ2n) is 5.40. The molecule has 0 unspecified atom stereocenters. The minimum absolute atomic E-state index is 0.0704. The molecule has 0 bridgehead atoms. The smallest absolute Gasteiger partial charge is 0.306 e. The van der Waals surface area contributed by atoms with Crippen LogP contribution in [0.4, 0.5) is 0 Å². The zero-order valence-corrected chi connectivity index (χ0v) is 10.9. The fourth-order valence-corrected chi connectivity index (χ4v) is 2.45. The minimum atomic E-state index is -0.813. The van der Waals surface area contributed by atoms with Gasteiger partial charge < -0.3 is 15.7 Å². The molecule has 0 radical (unpaired) electrons. The highest BCUT2D eigenvalue weighted by atomic mass is 16.4. The van der Waals surface area contributed by atoms with E-state index in [-0.39, 0.29) is 29.6 Å². The van der Waals surface area contributed by atoms with Gasteiger partial charge in [-0.15, -0.1) is 0 Å². The highest BCUT2D eigenvalue weighted by Crippen LogP contribution is 2.31. The number of carboxylic acids is 1. The molecular weight excluding hydrogens is 248 g/mol. The Labute approximate surface area is 111 Å². The normalized spacial score (nSPS) is 25.9. The van der Waals surface area contributed by atoms with Crippen LogP contribution in [0.5, 0.6) is 0 Å². The molecule has 2 atom stereocenters. The molecule has 0 aromatic heterocycles. The van der Waals surface area contributed by atoms with Gasteiger partial charge in [0.1, 0.15) is 0 Å². The maximum atomic E-state index is 11.8. The lowest BCUT2D eigenvalue weighted by Gasteiger charge is -2.11. The van der Waals surface area contributed by atoms with Gasteiger partial charge in [-0.2, -0.15) is 0 Å². The SMILES string of the molecule is O=C(NCCNC(=O)[C@@H]1CC[C@H](C(=O)O)C1)C1CC1. The van der Waals surface area contributed by atoms with Gasteiger partial charge in [0.2, 0.25) is 11.8 Å². The molecule has 3 N–H and O–H groups in total. The van der Waals surface area contributed by atoms with Crippen LogP contribution in [-0.2, 0) is 14.4 Å². The van der Waals surface area contributed by atoms with Crippen LogP contribution >= 0.6 is 0 Å². The van der Waals surface area contributed by atoms with Gasteiger partial charge in [0.25, 0.3) is 0 Å². The van der Waals surface area contributed by atoms with E-state index in [1.807, 2.05) is 0 Å². The maximum absolute atomic E-state index is 11.8. The van der Waals surface area contributed by atoms with E-state index in [1.54, 1.807) is 0 Å². The number of aliphatic carboxylic acids is 1. The summed E-state index contributed by atoms with van der Waals surface area (Å²) in [4.78, 5) is 33.9. The van der Waals surface area contributed by atoms with E-state index in [0.717, 1.165) is 12.8 Å². The fraction of sp³-hybridized carbons (Fsp3) is 0.769. The number of rotatable bonds is 6. The van der Waals surface area contributed by atoms with Crippen molar-refractivity contribution in [1.82, 2.24) is 10.6 Å². The van der Waals surface area contributed by atoms with Crippen molar-refractivity contribution < 1.29 is 19.5 Å². The zero-order chi connectivity index (χ0) is 13.8. The van der Waals surface area contributed by atoms with Crippen LogP contribution in [0.2, 0.25) is 0 Å². The quantitative estimate of drug-likeness (QED) is 0.597. The Balaban J connectivity index is 1.59. The summed E-state index contributed by atoms with van der Waals surface area (Å²) in [5, 5.41) is 14.4. The Morgan fingerprint density at radius 3 is 1.79 bits per heavy atom. The molecule has 6 nitrogen and oxygen atoms in total. The first-order valence-electron chi connectivity index (χ1n) is 6.86. The third-order valence-corrected chi connectivity index (χ3v) is 3.82. The molecule has 2 saturated carbocycles. The molecule has 19 heavy (non-hydrogen) atoms. The van der Waals surface area contributed by atoms with Gasteiger partial charge >= 0.3 is 5.97 Å². The summed E-state index contributed by atoms with van der Waals surface area (Å²) >= 11 is 0. The average Bonchev–Trinajstić information content (AvgIpc) is 3.10. The van der Waals surface area contributed by atoms with Crippen LogP contribution in [0.3, 0.4) is 0 Å². The molecule has 0 saturated heterocycles. The van der Waals surface area contributed by atoms with Crippen molar-refractivity contribution in [2.24, 2.45) is 17.8 Å². The predicted molar refractivity (Wildman–Crippen MR) is 67.2 cm³/mol. The van der Waals surface area contributed by atoms with Crippen LogP contribution in [0.25, 0.3) is 0 Å². The Morgan fingerprint density at radius 1 is 0.842 bits per heavy atom. The van der Waals surface area contributed by atoms with Crippen LogP contribution < -0.4 is 10.6 Å². The van der Waals surface area contributed by atoms with Crippen molar-refractivity contribution in [1.29, 1.82) is 0 Å². The van der Waals surface area contributed by atoms with Crippen LogP contribution in [0.1, 0.15) is 32.1 Å². The first kappa shape index (κ1) is 13.8. The Kier molecular flexibility index (Phi) is 4.39. The molecule has 0 heterocycles. The number of hydrogen-bond acceptors (Lipinski definition) is 3. The van der Waals surface area contributed by atoms with Crippen LogP contribution in [0.15, 0.2) is 0 Å². The number of carbonyl (C=O) groups excluding carboxylic acids is 2. The van der Waals surface area contributed by atoms with Crippen molar-refractivity contribution in [2.45, 2.75) is 32.1 Å². The minimum Gasteiger partial charge on any atom is -0.481 e. The molecule has 6 heteroatoms. The van der Waals surface area contributed by atoms with E-state index < -0.39 is 5.97 Å². The Bertz CT molecular complexity index is 379. The highest BCUT2D eigenvalue weighted by molar-refractivity contribution is 5.82. The molecule has 2 aliphatic carbocycles. The van der Waals surface area contributed by atoms with Gasteiger partial charge in [-0.25, -0.2) is 0 Å². The van der Waals surface area contributed by atoms with E-state index in [9.17, 15) is 14.4 Å². The van der Waals surface area contributed by atoms with E-state index >= 15 is 0 Å². The lowest BCUT2D eigenvalue weighted by atomic mass is 10.0. The number of carbonyl (C=O) groups is 3.